The van der Waals surface area contributed by atoms with Crippen LogP contribution in [0.4, 0.5) is 0 Å². The highest BCUT2D eigenvalue weighted by Crippen LogP contribution is 2.26. The minimum atomic E-state index is -0.660. The molecule has 0 heterocycles. The van der Waals surface area contributed by atoms with Gasteiger partial charge in [0, 0.05) is 24.5 Å². The summed E-state index contributed by atoms with van der Waals surface area (Å²) in [5.74, 6) is 0.974. The Hall–Kier alpha value is -2.12. The van der Waals surface area contributed by atoms with Crippen LogP contribution < -0.4 is 16.0 Å². The van der Waals surface area contributed by atoms with Crippen molar-refractivity contribution < 1.29 is 14.6 Å². The van der Waals surface area contributed by atoms with Crippen molar-refractivity contribution in [3.8, 4) is 0 Å². The average molecular weight is 417 g/mol. The van der Waals surface area contributed by atoms with Gasteiger partial charge in [-0.1, -0.05) is 36.8 Å². The van der Waals surface area contributed by atoms with Crippen molar-refractivity contribution in [1.29, 1.82) is 0 Å². The zero-order valence-electron chi connectivity index (χ0n) is 18.0. The van der Waals surface area contributed by atoms with Crippen molar-refractivity contribution >= 4 is 11.9 Å². The van der Waals surface area contributed by atoms with E-state index in [1.807, 2.05) is 37.3 Å². The smallest absolute Gasteiger partial charge is 0.223 e. The molecule has 3 unspecified atom stereocenters. The van der Waals surface area contributed by atoms with Crippen molar-refractivity contribution in [3.05, 3.63) is 35.9 Å². The molecule has 1 aromatic carbocycles. The Balaban J connectivity index is 1.41. The number of aliphatic imine (C=N–C) groups is 1. The molecule has 2 saturated carbocycles. The topological polar surface area (TPSA) is 95.0 Å². The lowest BCUT2D eigenvalue weighted by Gasteiger charge is -2.30. The number of rotatable bonds is 10. The number of guanidine groups is 1. The monoisotopic (exact) mass is 416 g/mol. The number of benzene rings is 1. The predicted molar refractivity (Wildman–Crippen MR) is 118 cm³/mol. The first-order valence-corrected chi connectivity index (χ1v) is 11.3. The lowest BCUT2D eigenvalue weighted by molar-refractivity contribution is -0.126. The van der Waals surface area contributed by atoms with Crippen molar-refractivity contribution in [2.24, 2.45) is 10.9 Å². The van der Waals surface area contributed by atoms with Gasteiger partial charge in [0.15, 0.2) is 5.96 Å². The van der Waals surface area contributed by atoms with Gasteiger partial charge in [-0.05, 0) is 44.6 Å². The summed E-state index contributed by atoms with van der Waals surface area (Å²) in [5, 5.41) is 20.0. The fraction of sp³-hybridized carbons (Fsp3) is 0.652. The first-order valence-electron chi connectivity index (χ1n) is 11.3. The van der Waals surface area contributed by atoms with Gasteiger partial charge in [-0.2, -0.15) is 0 Å². The summed E-state index contributed by atoms with van der Waals surface area (Å²) in [5.41, 5.74) is 1.08. The Bertz CT molecular complexity index is 678. The minimum absolute atomic E-state index is 0.0803. The molecule has 1 aromatic rings. The molecule has 0 spiro atoms. The number of hydrogen-bond donors (Lipinski definition) is 4. The first kappa shape index (κ1) is 22.6. The maximum Gasteiger partial charge on any atom is 0.223 e. The normalized spacial score (nSPS) is 22.9. The second kappa shape index (κ2) is 11.9. The lowest BCUT2D eigenvalue weighted by Crippen LogP contribution is -2.47. The Labute approximate surface area is 179 Å². The molecule has 0 aliphatic heterocycles. The summed E-state index contributed by atoms with van der Waals surface area (Å²) < 4.78 is 5.60. The van der Waals surface area contributed by atoms with Gasteiger partial charge in [0.25, 0.3) is 0 Å². The number of carbonyl (C=O) groups is 1. The molecule has 1 amide bonds. The van der Waals surface area contributed by atoms with Crippen molar-refractivity contribution in [2.45, 2.75) is 70.2 Å². The van der Waals surface area contributed by atoms with Gasteiger partial charge in [-0.3, -0.25) is 9.79 Å². The molecule has 3 atom stereocenters. The van der Waals surface area contributed by atoms with Crippen LogP contribution in [-0.2, 0) is 16.1 Å². The Morgan fingerprint density at radius 1 is 1.17 bits per heavy atom. The van der Waals surface area contributed by atoms with Crippen LogP contribution in [-0.4, -0.2) is 54.9 Å². The van der Waals surface area contributed by atoms with Crippen LogP contribution in [0.1, 0.15) is 51.0 Å². The quantitative estimate of drug-likeness (QED) is 0.346. The maximum absolute atomic E-state index is 12.4. The van der Waals surface area contributed by atoms with E-state index in [0.717, 1.165) is 50.6 Å². The third-order valence-corrected chi connectivity index (χ3v) is 5.54. The predicted octanol–water partition coefficient (Wildman–Crippen LogP) is 1.96. The largest absolute Gasteiger partial charge is 0.389 e. The van der Waals surface area contributed by atoms with E-state index in [1.54, 1.807) is 0 Å². The minimum Gasteiger partial charge on any atom is -0.389 e. The van der Waals surface area contributed by atoms with Crippen LogP contribution >= 0.6 is 0 Å². The third kappa shape index (κ3) is 7.95. The van der Waals surface area contributed by atoms with Gasteiger partial charge < -0.3 is 25.8 Å². The first-order chi connectivity index (χ1) is 14.6. The second-order valence-corrected chi connectivity index (χ2v) is 8.36. The van der Waals surface area contributed by atoms with Gasteiger partial charge in [0.05, 0.1) is 25.9 Å². The Morgan fingerprint density at radius 3 is 2.70 bits per heavy atom. The van der Waals surface area contributed by atoms with E-state index in [2.05, 4.69) is 20.9 Å². The van der Waals surface area contributed by atoms with E-state index in [-0.39, 0.29) is 31.0 Å². The number of aliphatic hydroxyl groups is 1. The molecule has 166 valence electrons. The van der Waals surface area contributed by atoms with E-state index in [9.17, 15) is 9.90 Å². The number of ether oxygens (including phenoxy) is 1. The van der Waals surface area contributed by atoms with Crippen LogP contribution in [0.15, 0.2) is 35.3 Å². The van der Waals surface area contributed by atoms with Crippen molar-refractivity contribution in [3.63, 3.8) is 0 Å². The van der Waals surface area contributed by atoms with E-state index in [0.29, 0.717) is 18.6 Å². The molecule has 0 radical (unpaired) electrons. The van der Waals surface area contributed by atoms with Gasteiger partial charge in [-0.25, -0.2) is 0 Å². The zero-order valence-corrected chi connectivity index (χ0v) is 18.0. The number of carbonyl (C=O) groups excluding carboxylic acids is 1. The maximum atomic E-state index is 12.4. The van der Waals surface area contributed by atoms with E-state index in [4.69, 9.17) is 4.74 Å². The van der Waals surface area contributed by atoms with Gasteiger partial charge in [-0.15, -0.1) is 0 Å². The van der Waals surface area contributed by atoms with E-state index in [1.165, 1.54) is 0 Å². The fourth-order valence-corrected chi connectivity index (χ4v) is 3.76. The summed E-state index contributed by atoms with van der Waals surface area (Å²) >= 11 is 0. The van der Waals surface area contributed by atoms with E-state index < -0.39 is 6.10 Å². The van der Waals surface area contributed by atoms with Crippen LogP contribution in [0.25, 0.3) is 0 Å². The van der Waals surface area contributed by atoms with Crippen molar-refractivity contribution in [2.75, 3.05) is 19.7 Å². The highest BCUT2D eigenvalue weighted by Gasteiger charge is 2.31. The van der Waals surface area contributed by atoms with Crippen LogP contribution in [0, 0.1) is 5.92 Å². The molecule has 3 rings (SSSR count). The Morgan fingerprint density at radius 2 is 1.97 bits per heavy atom. The second-order valence-electron chi connectivity index (χ2n) is 8.36. The SMILES string of the molecule is CCNC(=NCC(O)COCc1ccccc1)NC1CCCC(C(=O)NC2CC2)C1. The highest BCUT2D eigenvalue weighted by atomic mass is 16.5. The number of hydrogen-bond acceptors (Lipinski definition) is 4. The van der Waals surface area contributed by atoms with Crippen LogP contribution in [0.2, 0.25) is 0 Å². The molecule has 30 heavy (non-hydrogen) atoms. The summed E-state index contributed by atoms with van der Waals surface area (Å²) in [6.07, 6.45) is 5.43. The van der Waals surface area contributed by atoms with Crippen LogP contribution in [0.5, 0.6) is 0 Å². The number of amides is 1. The molecule has 0 saturated heterocycles. The number of aliphatic hydroxyl groups excluding tert-OH is 1. The molecule has 4 N–H and O–H groups in total. The summed E-state index contributed by atoms with van der Waals surface area (Å²) in [6, 6.07) is 10.5. The molecular formula is C23H36N4O3. The van der Waals surface area contributed by atoms with Gasteiger partial charge in [0.1, 0.15) is 0 Å². The molecule has 0 bridgehead atoms. The standard InChI is InChI=1S/C23H36N4O3/c1-2-24-23(25-14-21(28)16-30-15-17-7-4-3-5-8-17)27-20-10-6-9-18(13-20)22(29)26-19-11-12-19/h3-5,7-8,18-21,28H,2,6,9-16H2,1H3,(H,26,29)(H2,24,25,27). The number of nitrogens with one attached hydrogen (secondary N) is 3. The average Bonchev–Trinajstić information content (AvgIpc) is 3.57. The summed E-state index contributed by atoms with van der Waals surface area (Å²) in [4.78, 5) is 16.9. The van der Waals surface area contributed by atoms with Crippen molar-refractivity contribution in [1.82, 2.24) is 16.0 Å². The van der Waals surface area contributed by atoms with Gasteiger partial charge >= 0.3 is 0 Å². The molecule has 2 aliphatic rings. The molecule has 7 heteroatoms. The Kier molecular flexibility index (Phi) is 8.96. The molecule has 2 fully saturated rings. The third-order valence-electron chi connectivity index (χ3n) is 5.54. The fourth-order valence-electron chi connectivity index (χ4n) is 3.76. The molecular weight excluding hydrogens is 380 g/mol. The highest BCUT2D eigenvalue weighted by molar-refractivity contribution is 5.81. The molecule has 2 aliphatic carbocycles. The summed E-state index contributed by atoms with van der Waals surface area (Å²) in [7, 11) is 0. The lowest BCUT2D eigenvalue weighted by atomic mass is 9.85. The summed E-state index contributed by atoms with van der Waals surface area (Å²) in [6.45, 7) is 3.74. The molecule has 7 nitrogen and oxygen atoms in total. The van der Waals surface area contributed by atoms with E-state index >= 15 is 0 Å². The molecule has 0 aromatic heterocycles. The number of nitrogens with zero attached hydrogens (tertiary/aromatic N) is 1. The van der Waals surface area contributed by atoms with Crippen LogP contribution in [0.3, 0.4) is 0 Å². The zero-order chi connectivity index (χ0) is 21.2. The van der Waals surface area contributed by atoms with Gasteiger partial charge in [0.2, 0.25) is 5.91 Å².